The van der Waals surface area contributed by atoms with Gasteiger partial charge in [0.05, 0.1) is 12.7 Å². The van der Waals surface area contributed by atoms with Crippen molar-refractivity contribution in [2.45, 2.75) is 26.1 Å². The highest BCUT2D eigenvalue weighted by atomic mass is 32.2. The van der Waals surface area contributed by atoms with Crippen molar-refractivity contribution in [2.75, 3.05) is 6.26 Å². The first-order chi connectivity index (χ1) is 6.42. The molecule has 4 nitrogen and oxygen atoms in total. The summed E-state index contributed by atoms with van der Waals surface area (Å²) in [4.78, 5) is 4.12. The van der Waals surface area contributed by atoms with Crippen LogP contribution in [0.3, 0.4) is 0 Å². The van der Waals surface area contributed by atoms with Crippen molar-refractivity contribution in [1.29, 1.82) is 0 Å². The molecule has 78 valence electrons. The van der Waals surface area contributed by atoms with Crippen LogP contribution in [0.2, 0.25) is 0 Å². The summed E-state index contributed by atoms with van der Waals surface area (Å²) in [5.74, 6) is 0.599. The fraction of sp³-hybridized carbons (Fsp3) is 0.556. The van der Waals surface area contributed by atoms with E-state index < -0.39 is 9.84 Å². The third-order valence-corrected chi connectivity index (χ3v) is 2.62. The van der Waals surface area contributed by atoms with Gasteiger partial charge in [0, 0.05) is 11.8 Å². The van der Waals surface area contributed by atoms with Gasteiger partial charge in [0.2, 0.25) is 0 Å². The molecule has 0 aliphatic heterocycles. The molecule has 0 amide bonds. The molecule has 1 aromatic rings. The Morgan fingerprint density at radius 1 is 1.50 bits per heavy atom. The van der Waals surface area contributed by atoms with E-state index in [-0.39, 0.29) is 5.75 Å². The van der Waals surface area contributed by atoms with Crippen LogP contribution in [0.4, 0.5) is 0 Å². The number of aromatic nitrogens is 2. The first kappa shape index (κ1) is 11.1. The van der Waals surface area contributed by atoms with Crippen molar-refractivity contribution in [2.24, 2.45) is 0 Å². The fourth-order valence-electron chi connectivity index (χ4n) is 1.23. The summed E-state index contributed by atoms with van der Waals surface area (Å²) < 4.78 is 24.1. The van der Waals surface area contributed by atoms with Crippen LogP contribution in [0.25, 0.3) is 0 Å². The quantitative estimate of drug-likeness (QED) is 0.679. The Hall–Kier alpha value is -0.970. The fourth-order valence-corrected chi connectivity index (χ4v) is 1.94. The Morgan fingerprint density at radius 2 is 2.14 bits per heavy atom. The van der Waals surface area contributed by atoms with E-state index in [1.807, 2.05) is 24.6 Å². The summed E-state index contributed by atoms with van der Waals surface area (Å²) in [7, 11) is -3.01. The van der Waals surface area contributed by atoms with E-state index in [4.69, 9.17) is 0 Å². The molecule has 0 spiro atoms. The van der Waals surface area contributed by atoms with Crippen LogP contribution >= 0.6 is 0 Å². The lowest BCUT2D eigenvalue weighted by molar-refractivity contribution is -0.703. The Morgan fingerprint density at radius 3 is 2.64 bits per heavy atom. The maximum absolute atomic E-state index is 11.1. The summed E-state index contributed by atoms with van der Waals surface area (Å²) in [6.07, 6.45) is 4.81. The molecule has 0 aliphatic carbocycles. The second kappa shape index (κ2) is 4.04. The number of aryl methyl sites for hydroxylation is 2. The van der Waals surface area contributed by atoms with E-state index in [2.05, 4.69) is 4.98 Å². The van der Waals surface area contributed by atoms with Crippen LogP contribution in [-0.2, 0) is 22.1 Å². The van der Waals surface area contributed by atoms with Gasteiger partial charge < -0.3 is 0 Å². The molecule has 14 heavy (non-hydrogen) atoms. The molecule has 1 aromatic heterocycles. The molecule has 0 bridgehead atoms. The Balaban J connectivity index is 3.09. The molecule has 0 N–H and O–H groups in total. The first-order valence-electron chi connectivity index (χ1n) is 4.45. The molecule has 0 unspecified atom stereocenters. The molecule has 0 fully saturated rings. The highest BCUT2D eigenvalue weighted by molar-refractivity contribution is 7.89. The van der Waals surface area contributed by atoms with Crippen LogP contribution in [0.15, 0.2) is 12.4 Å². The summed E-state index contributed by atoms with van der Waals surface area (Å²) >= 11 is 0. The van der Waals surface area contributed by atoms with Crippen molar-refractivity contribution in [3.05, 3.63) is 23.8 Å². The van der Waals surface area contributed by atoms with E-state index in [9.17, 15) is 8.42 Å². The summed E-state index contributed by atoms with van der Waals surface area (Å²) in [5, 5.41) is 0. The molecular formula is C9H15N2O2S+. The summed E-state index contributed by atoms with van der Waals surface area (Å²) in [5.41, 5.74) is 1.03. The molecule has 1 rings (SSSR count). The smallest absolute Gasteiger partial charge is 0.234 e. The lowest BCUT2D eigenvalue weighted by Gasteiger charge is -2.00. The zero-order chi connectivity index (χ0) is 10.8. The monoisotopic (exact) mass is 215 g/mol. The van der Waals surface area contributed by atoms with Crippen molar-refractivity contribution in [3.8, 4) is 0 Å². The lowest BCUT2D eigenvalue weighted by Crippen LogP contribution is -2.39. The van der Waals surface area contributed by atoms with Crippen molar-refractivity contribution in [3.63, 3.8) is 0 Å². The largest absolute Gasteiger partial charge is 0.313 e. The highest BCUT2D eigenvalue weighted by Gasteiger charge is 2.17. The van der Waals surface area contributed by atoms with Gasteiger partial charge in [0.25, 0.3) is 0 Å². The van der Waals surface area contributed by atoms with Gasteiger partial charge in [-0.1, -0.05) is 4.98 Å². The Kier molecular flexibility index (Phi) is 3.21. The molecule has 0 aromatic carbocycles. The van der Waals surface area contributed by atoms with Crippen LogP contribution in [-0.4, -0.2) is 19.7 Å². The minimum atomic E-state index is -3.01. The molecule has 0 saturated carbocycles. The topological polar surface area (TPSA) is 50.9 Å². The summed E-state index contributed by atoms with van der Waals surface area (Å²) in [6, 6.07) is 0. The zero-order valence-corrected chi connectivity index (χ0v) is 9.50. The van der Waals surface area contributed by atoms with E-state index in [0.717, 1.165) is 12.1 Å². The number of hydrogen-bond donors (Lipinski definition) is 0. The van der Waals surface area contributed by atoms with Gasteiger partial charge in [-0.3, -0.25) is 0 Å². The predicted octanol–water partition coefficient (Wildman–Crippen LogP) is 0.242. The SMILES string of the molecule is CC[n+]1cc(C)cnc1CS(C)(=O)=O. The molecule has 0 aliphatic rings. The third-order valence-electron chi connectivity index (χ3n) is 1.84. The molecule has 0 radical (unpaired) electrons. The first-order valence-corrected chi connectivity index (χ1v) is 6.51. The van der Waals surface area contributed by atoms with E-state index in [1.165, 1.54) is 6.26 Å². The van der Waals surface area contributed by atoms with Crippen LogP contribution in [0.5, 0.6) is 0 Å². The Bertz CT molecular complexity index is 426. The zero-order valence-electron chi connectivity index (χ0n) is 8.69. The van der Waals surface area contributed by atoms with Gasteiger partial charge in [-0.05, 0) is 13.8 Å². The van der Waals surface area contributed by atoms with Crippen molar-refractivity contribution >= 4 is 9.84 Å². The minimum absolute atomic E-state index is 0.00111. The van der Waals surface area contributed by atoms with Crippen LogP contribution in [0.1, 0.15) is 18.3 Å². The maximum atomic E-state index is 11.1. The highest BCUT2D eigenvalue weighted by Crippen LogP contribution is 1.97. The van der Waals surface area contributed by atoms with Crippen molar-refractivity contribution in [1.82, 2.24) is 4.98 Å². The Labute approximate surface area is 84.5 Å². The number of hydrogen-bond acceptors (Lipinski definition) is 3. The maximum Gasteiger partial charge on any atom is 0.313 e. The van der Waals surface area contributed by atoms with E-state index in [0.29, 0.717) is 5.82 Å². The third kappa shape index (κ3) is 3.06. The van der Waals surface area contributed by atoms with E-state index in [1.54, 1.807) is 6.20 Å². The molecule has 1 heterocycles. The van der Waals surface area contributed by atoms with Gasteiger partial charge in [-0.2, -0.15) is 0 Å². The van der Waals surface area contributed by atoms with Gasteiger partial charge in [-0.25, -0.2) is 13.0 Å². The van der Waals surface area contributed by atoms with Crippen LogP contribution < -0.4 is 4.57 Å². The van der Waals surface area contributed by atoms with Gasteiger partial charge in [-0.15, -0.1) is 0 Å². The van der Waals surface area contributed by atoms with Gasteiger partial charge >= 0.3 is 5.82 Å². The number of nitrogens with zero attached hydrogens (tertiary/aromatic N) is 2. The number of sulfone groups is 1. The standard InChI is InChI=1S/C9H15N2O2S/c1-4-11-6-8(2)5-10-9(11)7-14(3,12)13/h5-6H,4,7H2,1-3H3/q+1. The normalized spacial score (nSPS) is 11.6. The van der Waals surface area contributed by atoms with Gasteiger partial charge in [0.15, 0.2) is 15.6 Å². The molecule has 5 heteroatoms. The lowest BCUT2D eigenvalue weighted by atomic mass is 10.4. The predicted molar refractivity (Wildman–Crippen MR) is 53.4 cm³/mol. The average molecular weight is 215 g/mol. The number of rotatable bonds is 3. The van der Waals surface area contributed by atoms with Crippen LogP contribution in [0, 0.1) is 6.92 Å². The summed E-state index contributed by atoms with van der Waals surface area (Å²) in [6.45, 7) is 4.63. The van der Waals surface area contributed by atoms with E-state index >= 15 is 0 Å². The molecular weight excluding hydrogens is 200 g/mol. The second-order valence-electron chi connectivity index (χ2n) is 3.40. The second-order valence-corrected chi connectivity index (χ2v) is 5.54. The van der Waals surface area contributed by atoms with Crippen molar-refractivity contribution < 1.29 is 13.0 Å². The average Bonchev–Trinajstić information content (AvgIpc) is 2.06. The molecule has 0 saturated heterocycles. The molecule has 0 atom stereocenters. The minimum Gasteiger partial charge on any atom is -0.234 e. The van der Waals surface area contributed by atoms with Gasteiger partial charge in [0.1, 0.15) is 6.20 Å².